The summed E-state index contributed by atoms with van der Waals surface area (Å²) >= 11 is 0. The van der Waals surface area contributed by atoms with Crippen molar-refractivity contribution in [1.29, 1.82) is 0 Å². The fourth-order valence-electron chi connectivity index (χ4n) is 2.22. The zero-order chi connectivity index (χ0) is 17.7. The molecule has 0 aliphatic carbocycles. The Morgan fingerprint density at radius 2 is 2.04 bits per heavy atom. The lowest BCUT2D eigenvalue weighted by Crippen LogP contribution is -2.24. The molecule has 25 heavy (non-hydrogen) atoms. The van der Waals surface area contributed by atoms with Gasteiger partial charge in [0.2, 0.25) is 10.0 Å². The maximum absolute atomic E-state index is 12.0. The Kier molecular flexibility index (Phi) is 4.97. The van der Waals surface area contributed by atoms with Crippen LogP contribution in [0.4, 0.5) is 10.5 Å². The average molecular weight is 357 g/mol. The van der Waals surface area contributed by atoms with Gasteiger partial charge in [0.1, 0.15) is 11.5 Å². The number of anilines is 1. The van der Waals surface area contributed by atoms with Gasteiger partial charge in [-0.2, -0.15) is 4.72 Å². The van der Waals surface area contributed by atoms with Crippen molar-refractivity contribution in [3.05, 3.63) is 54.4 Å². The second-order valence-electron chi connectivity index (χ2n) is 5.13. The zero-order valence-corrected chi connectivity index (χ0v) is 14.0. The van der Waals surface area contributed by atoms with Gasteiger partial charge in [-0.3, -0.25) is 9.88 Å². The van der Waals surface area contributed by atoms with E-state index in [2.05, 4.69) is 21.5 Å². The van der Waals surface area contributed by atoms with E-state index in [-0.39, 0.29) is 17.5 Å². The molecule has 0 atom stereocenters. The van der Waals surface area contributed by atoms with Gasteiger partial charge >= 0.3 is 6.09 Å². The van der Waals surface area contributed by atoms with Crippen molar-refractivity contribution >= 4 is 21.8 Å². The first-order valence-corrected chi connectivity index (χ1v) is 8.97. The highest BCUT2D eigenvalue weighted by atomic mass is 32.2. The monoisotopic (exact) mass is 357 g/mol. The second kappa shape index (κ2) is 7.34. The minimum Gasteiger partial charge on any atom is -0.447 e. The first-order chi connectivity index (χ1) is 12.1. The number of hydrogen-bond acceptors (Lipinski definition) is 5. The first-order valence-electron chi connectivity index (χ1n) is 7.49. The van der Waals surface area contributed by atoms with E-state index in [0.717, 1.165) is 11.3 Å². The summed E-state index contributed by atoms with van der Waals surface area (Å²) in [4.78, 5) is 16.9. The van der Waals surface area contributed by atoms with Crippen LogP contribution in [-0.4, -0.2) is 39.2 Å². The van der Waals surface area contributed by atoms with E-state index in [1.165, 1.54) is 18.5 Å². The first kappa shape index (κ1) is 17.0. The highest BCUT2D eigenvalue weighted by Gasteiger charge is 2.23. The SMILES string of the molecule is O=C1OCCN1c1ccc(C#CCNS(=O)(=O)c2cccnc2)cc1. The maximum Gasteiger partial charge on any atom is 0.414 e. The summed E-state index contributed by atoms with van der Waals surface area (Å²) in [5, 5.41) is 0. The minimum atomic E-state index is -3.61. The zero-order valence-electron chi connectivity index (χ0n) is 13.2. The molecular formula is C17H15N3O4S. The lowest BCUT2D eigenvalue weighted by atomic mass is 10.2. The highest BCUT2D eigenvalue weighted by Crippen LogP contribution is 2.18. The smallest absolute Gasteiger partial charge is 0.414 e. The number of rotatable bonds is 4. The molecule has 1 fully saturated rings. The summed E-state index contributed by atoms with van der Waals surface area (Å²) < 4.78 is 31.3. The molecule has 1 amide bonds. The lowest BCUT2D eigenvalue weighted by molar-refractivity contribution is 0.181. The number of nitrogens with one attached hydrogen (secondary N) is 1. The molecule has 0 saturated carbocycles. The number of aromatic nitrogens is 1. The molecule has 0 radical (unpaired) electrons. The predicted molar refractivity (Wildman–Crippen MR) is 91.4 cm³/mol. The maximum atomic E-state index is 12.0. The van der Waals surface area contributed by atoms with E-state index in [1.807, 2.05) is 0 Å². The summed E-state index contributed by atoms with van der Waals surface area (Å²) in [7, 11) is -3.61. The molecular weight excluding hydrogens is 342 g/mol. The van der Waals surface area contributed by atoms with Gasteiger partial charge in [-0.05, 0) is 36.4 Å². The molecule has 8 heteroatoms. The van der Waals surface area contributed by atoms with E-state index in [9.17, 15) is 13.2 Å². The van der Waals surface area contributed by atoms with E-state index in [0.29, 0.717) is 13.2 Å². The molecule has 1 aliphatic rings. The molecule has 0 spiro atoms. The second-order valence-corrected chi connectivity index (χ2v) is 6.89. The number of sulfonamides is 1. The molecule has 7 nitrogen and oxygen atoms in total. The number of hydrogen-bond donors (Lipinski definition) is 1. The Balaban J connectivity index is 1.60. The van der Waals surface area contributed by atoms with Crippen LogP contribution in [0.1, 0.15) is 5.56 Å². The minimum absolute atomic E-state index is 0.0164. The number of cyclic esters (lactones) is 1. The molecule has 128 valence electrons. The Morgan fingerprint density at radius 3 is 2.68 bits per heavy atom. The fourth-order valence-corrected chi connectivity index (χ4v) is 3.11. The van der Waals surface area contributed by atoms with Crippen LogP contribution in [0.5, 0.6) is 0 Å². The number of carbonyl (C=O) groups excluding carboxylic acids is 1. The third-order valence-corrected chi connectivity index (χ3v) is 4.85. The number of benzene rings is 1. The summed E-state index contributed by atoms with van der Waals surface area (Å²) in [6.07, 6.45) is 2.42. The summed E-state index contributed by atoms with van der Waals surface area (Å²) in [6.45, 7) is 0.898. The highest BCUT2D eigenvalue weighted by molar-refractivity contribution is 7.89. The molecule has 2 aromatic rings. The van der Waals surface area contributed by atoms with Gasteiger partial charge in [-0.15, -0.1) is 0 Å². The number of amides is 1. The van der Waals surface area contributed by atoms with Crippen molar-refractivity contribution in [3.63, 3.8) is 0 Å². The number of carbonyl (C=O) groups is 1. The van der Waals surface area contributed by atoms with Crippen LogP contribution in [-0.2, 0) is 14.8 Å². The van der Waals surface area contributed by atoms with Crippen LogP contribution in [0.2, 0.25) is 0 Å². The topological polar surface area (TPSA) is 88.6 Å². The number of ether oxygens (including phenoxy) is 1. The molecule has 0 bridgehead atoms. The Labute approximate surface area is 145 Å². The predicted octanol–water partition coefficient (Wildman–Crippen LogP) is 1.37. The van der Waals surface area contributed by atoms with E-state index in [4.69, 9.17) is 4.74 Å². The van der Waals surface area contributed by atoms with Gasteiger partial charge in [-0.1, -0.05) is 11.8 Å². The summed E-state index contributed by atoms with van der Waals surface area (Å²) in [5.74, 6) is 5.63. The van der Waals surface area contributed by atoms with Crippen LogP contribution in [0.3, 0.4) is 0 Å². The molecule has 0 unspecified atom stereocenters. The van der Waals surface area contributed by atoms with Crippen LogP contribution in [0.15, 0.2) is 53.7 Å². The summed E-state index contributed by atoms with van der Waals surface area (Å²) in [5.41, 5.74) is 1.46. The van der Waals surface area contributed by atoms with E-state index in [1.54, 1.807) is 35.2 Å². The normalized spacial score (nSPS) is 13.9. The van der Waals surface area contributed by atoms with Crippen LogP contribution in [0.25, 0.3) is 0 Å². The van der Waals surface area contributed by atoms with Crippen molar-refractivity contribution in [2.45, 2.75) is 4.90 Å². The van der Waals surface area contributed by atoms with Gasteiger partial charge in [0.25, 0.3) is 0 Å². The summed E-state index contributed by atoms with van der Waals surface area (Å²) in [6, 6.07) is 10.1. The number of nitrogens with zero attached hydrogens (tertiary/aromatic N) is 2. The van der Waals surface area contributed by atoms with Crippen LogP contribution in [0, 0.1) is 11.8 Å². The van der Waals surface area contributed by atoms with Gasteiger partial charge in [0.05, 0.1) is 13.1 Å². The Bertz CT molecular complexity index is 916. The largest absolute Gasteiger partial charge is 0.447 e. The van der Waals surface area contributed by atoms with Crippen molar-refractivity contribution in [1.82, 2.24) is 9.71 Å². The Hall–Kier alpha value is -2.89. The van der Waals surface area contributed by atoms with Crippen molar-refractivity contribution in [2.24, 2.45) is 0 Å². The molecule has 2 heterocycles. The molecule has 1 aromatic heterocycles. The average Bonchev–Trinajstić information content (AvgIpc) is 3.06. The lowest BCUT2D eigenvalue weighted by Gasteiger charge is -2.11. The van der Waals surface area contributed by atoms with E-state index >= 15 is 0 Å². The van der Waals surface area contributed by atoms with Crippen molar-refractivity contribution in [2.75, 3.05) is 24.6 Å². The van der Waals surface area contributed by atoms with E-state index < -0.39 is 10.0 Å². The molecule has 1 saturated heterocycles. The number of pyridine rings is 1. The van der Waals surface area contributed by atoms with Crippen molar-refractivity contribution < 1.29 is 17.9 Å². The van der Waals surface area contributed by atoms with Crippen LogP contribution < -0.4 is 9.62 Å². The molecule has 1 aromatic carbocycles. The standard InChI is InChI=1S/C17H15N3O4S/c21-17-20(11-12-24-17)15-7-5-14(6-8-15)3-1-10-19-25(22,23)16-4-2-9-18-13-16/h2,4-9,13,19H,10-12H2. The van der Waals surface area contributed by atoms with Gasteiger partial charge in [0, 0.05) is 23.6 Å². The van der Waals surface area contributed by atoms with Gasteiger partial charge in [-0.25, -0.2) is 13.2 Å². The van der Waals surface area contributed by atoms with Crippen molar-refractivity contribution in [3.8, 4) is 11.8 Å². The molecule has 1 aliphatic heterocycles. The fraction of sp³-hybridized carbons (Fsp3) is 0.176. The Morgan fingerprint density at radius 1 is 1.24 bits per heavy atom. The van der Waals surface area contributed by atoms with Gasteiger partial charge in [0.15, 0.2) is 0 Å². The quantitative estimate of drug-likeness (QED) is 0.835. The van der Waals surface area contributed by atoms with Crippen LogP contribution >= 0.6 is 0 Å². The molecule has 1 N–H and O–H groups in total. The van der Waals surface area contributed by atoms with Gasteiger partial charge < -0.3 is 4.74 Å². The molecule has 3 rings (SSSR count). The third-order valence-electron chi connectivity index (χ3n) is 3.47. The third kappa shape index (κ3) is 4.15.